The lowest BCUT2D eigenvalue weighted by atomic mass is 10.1. The van der Waals surface area contributed by atoms with Crippen LogP contribution in [0.25, 0.3) is 5.57 Å². The Kier molecular flexibility index (Phi) is 2.77. The maximum absolute atomic E-state index is 12.7. The molecule has 2 rings (SSSR count). The fourth-order valence-electron chi connectivity index (χ4n) is 1.87. The van der Waals surface area contributed by atoms with Crippen LogP contribution in [0.2, 0.25) is 0 Å². The van der Waals surface area contributed by atoms with Crippen molar-refractivity contribution in [3.63, 3.8) is 0 Å². The third-order valence-electron chi connectivity index (χ3n) is 2.72. The molecule has 0 spiro atoms. The number of allylic oxidation sites excluding steroid dienone is 1. The van der Waals surface area contributed by atoms with Crippen molar-refractivity contribution in [3.05, 3.63) is 41.2 Å². The van der Waals surface area contributed by atoms with Gasteiger partial charge in [-0.3, -0.25) is 0 Å². The Balaban J connectivity index is 2.22. The van der Waals surface area contributed by atoms with Crippen molar-refractivity contribution < 1.29 is 13.9 Å². The molecule has 0 N–H and O–H groups in total. The summed E-state index contributed by atoms with van der Waals surface area (Å²) in [7, 11) is 0. The van der Waals surface area contributed by atoms with Crippen LogP contribution in [0.1, 0.15) is 19.4 Å². The van der Waals surface area contributed by atoms with E-state index in [1.54, 1.807) is 19.1 Å². The van der Waals surface area contributed by atoms with Crippen molar-refractivity contribution >= 4 is 11.5 Å². The lowest BCUT2D eigenvalue weighted by Crippen LogP contribution is -2.02. The molecule has 0 saturated heterocycles. The summed E-state index contributed by atoms with van der Waals surface area (Å²) in [6.45, 7) is 4.11. The largest absolute Gasteiger partial charge is 0.463 e. The Morgan fingerprint density at radius 3 is 2.56 bits per heavy atom. The minimum atomic E-state index is -0.268. The highest BCUT2D eigenvalue weighted by Gasteiger charge is 2.39. The highest BCUT2D eigenvalue weighted by Crippen LogP contribution is 2.47. The molecule has 1 unspecified atom stereocenters. The third kappa shape index (κ3) is 1.85. The smallest absolute Gasteiger partial charge is 0.334 e. The first-order valence-corrected chi connectivity index (χ1v) is 5.32. The van der Waals surface area contributed by atoms with Crippen LogP contribution < -0.4 is 0 Å². The second-order valence-corrected chi connectivity index (χ2v) is 3.78. The summed E-state index contributed by atoms with van der Waals surface area (Å²) < 4.78 is 17.7. The number of ether oxygens (including phenoxy) is 1. The summed E-state index contributed by atoms with van der Waals surface area (Å²) in [5.74, 6) is -0.394. The first-order chi connectivity index (χ1) is 7.65. The van der Waals surface area contributed by atoms with Gasteiger partial charge in [-0.2, -0.15) is 0 Å². The van der Waals surface area contributed by atoms with E-state index < -0.39 is 0 Å². The van der Waals surface area contributed by atoms with Crippen LogP contribution in [-0.2, 0) is 9.53 Å². The van der Waals surface area contributed by atoms with Crippen molar-refractivity contribution in [1.82, 2.24) is 0 Å². The van der Waals surface area contributed by atoms with Gasteiger partial charge in [0.25, 0.3) is 0 Å². The summed E-state index contributed by atoms with van der Waals surface area (Å²) in [6.07, 6.45) is 0. The van der Waals surface area contributed by atoms with Crippen molar-refractivity contribution in [2.24, 2.45) is 5.92 Å². The second kappa shape index (κ2) is 4.08. The maximum atomic E-state index is 12.7. The Bertz CT molecular complexity index is 446. The van der Waals surface area contributed by atoms with E-state index in [1.165, 1.54) is 12.1 Å². The van der Waals surface area contributed by atoms with E-state index in [1.807, 2.05) is 6.92 Å². The molecule has 1 aromatic rings. The Labute approximate surface area is 93.7 Å². The molecule has 0 aliphatic heterocycles. The van der Waals surface area contributed by atoms with Crippen molar-refractivity contribution in [3.8, 4) is 0 Å². The number of rotatable bonds is 3. The van der Waals surface area contributed by atoms with Crippen LogP contribution in [0.4, 0.5) is 4.39 Å². The van der Waals surface area contributed by atoms with Crippen molar-refractivity contribution in [2.75, 3.05) is 6.61 Å². The van der Waals surface area contributed by atoms with Gasteiger partial charge in [-0.15, -0.1) is 0 Å². The van der Waals surface area contributed by atoms with E-state index in [0.29, 0.717) is 12.2 Å². The third-order valence-corrected chi connectivity index (χ3v) is 2.72. The molecule has 1 aromatic carbocycles. The van der Waals surface area contributed by atoms with Gasteiger partial charge in [0.2, 0.25) is 0 Å². The number of halogens is 1. The fourth-order valence-corrected chi connectivity index (χ4v) is 1.87. The molecule has 0 heterocycles. The summed E-state index contributed by atoms with van der Waals surface area (Å²) in [4.78, 5) is 11.5. The minimum absolute atomic E-state index is 0.129. The summed E-state index contributed by atoms with van der Waals surface area (Å²) >= 11 is 0. The molecule has 84 valence electrons. The molecule has 0 amide bonds. The molecule has 1 aliphatic carbocycles. The molecular formula is C13H13FO2. The molecule has 0 saturated carbocycles. The monoisotopic (exact) mass is 220 g/mol. The summed E-state index contributed by atoms with van der Waals surface area (Å²) in [6, 6.07) is 6.17. The van der Waals surface area contributed by atoms with Gasteiger partial charge in [0, 0.05) is 11.5 Å². The van der Waals surface area contributed by atoms with Crippen molar-refractivity contribution in [1.29, 1.82) is 0 Å². The zero-order chi connectivity index (χ0) is 11.7. The average molecular weight is 220 g/mol. The highest BCUT2D eigenvalue weighted by molar-refractivity contribution is 6.09. The van der Waals surface area contributed by atoms with E-state index in [2.05, 4.69) is 0 Å². The van der Waals surface area contributed by atoms with E-state index >= 15 is 0 Å². The summed E-state index contributed by atoms with van der Waals surface area (Å²) in [5, 5.41) is 0. The predicted octanol–water partition coefficient (Wildman–Crippen LogP) is 2.79. The highest BCUT2D eigenvalue weighted by atomic mass is 19.1. The minimum Gasteiger partial charge on any atom is -0.463 e. The molecule has 16 heavy (non-hydrogen) atoms. The molecule has 0 radical (unpaired) electrons. The van der Waals surface area contributed by atoms with E-state index in [-0.39, 0.29) is 17.7 Å². The van der Waals surface area contributed by atoms with Crippen LogP contribution >= 0.6 is 0 Å². The first-order valence-electron chi connectivity index (χ1n) is 5.32. The molecule has 2 nitrogen and oxygen atoms in total. The quantitative estimate of drug-likeness (QED) is 0.732. The molecule has 1 atom stereocenters. The Morgan fingerprint density at radius 2 is 2.00 bits per heavy atom. The zero-order valence-corrected chi connectivity index (χ0v) is 9.29. The molecule has 0 bridgehead atoms. The lowest BCUT2D eigenvalue weighted by Gasteiger charge is -1.95. The van der Waals surface area contributed by atoms with Crippen LogP contribution in [-0.4, -0.2) is 12.6 Å². The normalized spacial score (nSPS) is 18.6. The number of esters is 1. The molecule has 3 heteroatoms. The predicted molar refractivity (Wildman–Crippen MR) is 59.1 cm³/mol. The number of carbonyl (C=O) groups excluding carboxylic acids is 1. The molecule has 0 fully saturated rings. The van der Waals surface area contributed by atoms with Crippen molar-refractivity contribution in [2.45, 2.75) is 13.8 Å². The first kappa shape index (κ1) is 10.9. The Hall–Kier alpha value is -1.64. The molecular weight excluding hydrogens is 207 g/mol. The molecule has 1 aliphatic rings. The number of benzene rings is 1. The number of hydrogen-bond donors (Lipinski definition) is 0. The van der Waals surface area contributed by atoms with Gasteiger partial charge in [0.05, 0.1) is 6.61 Å². The topological polar surface area (TPSA) is 26.3 Å². The van der Waals surface area contributed by atoms with E-state index in [0.717, 1.165) is 11.1 Å². The Morgan fingerprint density at radius 1 is 1.38 bits per heavy atom. The van der Waals surface area contributed by atoms with Gasteiger partial charge >= 0.3 is 5.97 Å². The van der Waals surface area contributed by atoms with E-state index in [9.17, 15) is 9.18 Å². The van der Waals surface area contributed by atoms with Crippen LogP contribution in [0.5, 0.6) is 0 Å². The average Bonchev–Trinajstić information content (AvgIpc) is 2.92. The van der Waals surface area contributed by atoms with Gasteiger partial charge in [-0.25, -0.2) is 9.18 Å². The SMILES string of the molecule is CCOC(=O)C1=C(c2ccc(F)cc2)C1C. The van der Waals surface area contributed by atoms with Crippen LogP contribution in [0, 0.1) is 11.7 Å². The van der Waals surface area contributed by atoms with Gasteiger partial charge in [-0.1, -0.05) is 19.1 Å². The standard InChI is InChI=1S/C13H13FO2/c1-3-16-13(15)12-8(2)11(12)9-4-6-10(14)7-5-9/h4-8H,3H2,1-2H3. The molecule has 0 aromatic heterocycles. The fraction of sp³-hybridized carbons (Fsp3) is 0.308. The van der Waals surface area contributed by atoms with E-state index in [4.69, 9.17) is 4.74 Å². The second-order valence-electron chi connectivity index (χ2n) is 3.78. The van der Waals surface area contributed by atoms with Crippen LogP contribution in [0.3, 0.4) is 0 Å². The maximum Gasteiger partial charge on any atom is 0.334 e. The van der Waals surface area contributed by atoms with Gasteiger partial charge in [0.1, 0.15) is 5.82 Å². The summed E-state index contributed by atoms with van der Waals surface area (Å²) in [5.41, 5.74) is 2.59. The number of carbonyl (C=O) groups is 1. The van der Waals surface area contributed by atoms with Gasteiger partial charge in [0.15, 0.2) is 0 Å². The lowest BCUT2D eigenvalue weighted by molar-refractivity contribution is -0.138. The zero-order valence-electron chi connectivity index (χ0n) is 9.29. The van der Waals surface area contributed by atoms with Gasteiger partial charge < -0.3 is 4.74 Å². The van der Waals surface area contributed by atoms with Crippen LogP contribution in [0.15, 0.2) is 29.8 Å². The number of hydrogen-bond acceptors (Lipinski definition) is 2. The van der Waals surface area contributed by atoms with Gasteiger partial charge in [-0.05, 0) is 30.2 Å².